The molecule has 0 aliphatic rings. The second kappa shape index (κ2) is 15.3. The molecule has 34 heavy (non-hydrogen) atoms. The van der Waals surface area contributed by atoms with E-state index >= 15 is 0 Å². The van der Waals surface area contributed by atoms with Crippen molar-refractivity contribution >= 4 is 32.7 Å². The SMILES string of the molecule is CCOP(=O)(C[P+](=O)OCCCCCCCn1cnc2c(OCCOC)nc(N)nc21)OCC. The van der Waals surface area contributed by atoms with Crippen LogP contribution in [0, 0.1) is 0 Å². The Balaban J connectivity index is 1.67. The molecule has 14 heteroatoms. The minimum atomic E-state index is -3.35. The number of rotatable bonds is 19. The Morgan fingerprint density at radius 1 is 1.03 bits per heavy atom. The van der Waals surface area contributed by atoms with Gasteiger partial charge in [-0.25, -0.2) is 4.98 Å². The molecule has 2 aromatic heterocycles. The third kappa shape index (κ3) is 9.52. The molecule has 0 aromatic carbocycles. The molecule has 0 amide bonds. The third-order valence-corrected chi connectivity index (χ3v) is 8.78. The normalized spacial score (nSPS) is 12.4. The number of nitrogens with zero attached hydrogens (tertiary/aromatic N) is 4. The van der Waals surface area contributed by atoms with Crippen LogP contribution in [-0.4, -0.2) is 65.6 Å². The standard InChI is InChI=1S/C20H36N5O7P2/c1-4-31-34(27,32-5-2)16-33(26)30-12-10-8-6-7-9-11-25-15-22-17-18(25)23-20(21)24-19(17)29-14-13-28-3/h15H,4-14,16H2,1-3H3,(H2,21,23,24)/q+1. The number of aromatic nitrogens is 4. The first-order valence-electron chi connectivity index (χ1n) is 11.5. The van der Waals surface area contributed by atoms with Crippen LogP contribution in [0.2, 0.25) is 0 Å². The number of methoxy groups -OCH3 is 1. The van der Waals surface area contributed by atoms with Gasteiger partial charge in [-0.3, -0.25) is 4.57 Å². The number of fused-ring (bicyclic) bond motifs is 1. The first-order chi connectivity index (χ1) is 16.4. The first-order valence-corrected chi connectivity index (χ1v) is 14.6. The summed E-state index contributed by atoms with van der Waals surface area (Å²) in [6, 6.07) is 0. The second-order valence-electron chi connectivity index (χ2n) is 7.36. The van der Waals surface area contributed by atoms with Gasteiger partial charge in [0.1, 0.15) is 13.2 Å². The number of hydrogen-bond acceptors (Lipinski definition) is 11. The number of ether oxygens (including phenoxy) is 2. The van der Waals surface area contributed by atoms with Crippen LogP contribution in [0.3, 0.4) is 0 Å². The van der Waals surface area contributed by atoms with E-state index in [0.717, 1.165) is 38.6 Å². The van der Waals surface area contributed by atoms with Crippen LogP contribution in [0.25, 0.3) is 11.2 Å². The van der Waals surface area contributed by atoms with E-state index in [1.807, 2.05) is 4.57 Å². The Kier molecular flexibility index (Phi) is 12.9. The van der Waals surface area contributed by atoms with Crippen molar-refractivity contribution in [3.8, 4) is 5.88 Å². The highest BCUT2D eigenvalue weighted by Crippen LogP contribution is 2.54. The Morgan fingerprint density at radius 3 is 2.44 bits per heavy atom. The summed E-state index contributed by atoms with van der Waals surface area (Å²) in [4.78, 5) is 12.8. The fourth-order valence-electron chi connectivity index (χ4n) is 3.20. The van der Waals surface area contributed by atoms with Crippen molar-refractivity contribution in [1.82, 2.24) is 19.5 Å². The summed E-state index contributed by atoms with van der Waals surface area (Å²) in [6.45, 7) is 5.79. The van der Waals surface area contributed by atoms with Crippen molar-refractivity contribution in [2.45, 2.75) is 52.5 Å². The van der Waals surface area contributed by atoms with Crippen molar-refractivity contribution < 1.29 is 32.2 Å². The molecule has 1 unspecified atom stereocenters. The van der Waals surface area contributed by atoms with Crippen molar-refractivity contribution in [2.24, 2.45) is 0 Å². The molecule has 0 fully saturated rings. The zero-order valence-electron chi connectivity index (χ0n) is 20.2. The molecule has 0 radical (unpaired) electrons. The molecular formula is C20H36N5O7P2+. The van der Waals surface area contributed by atoms with Crippen molar-refractivity contribution in [1.29, 1.82) is 0 Å². The Bertz CT molecular complexity index is 933. The number of imidazole rings is 1. The van der Waals surface area contributed by atoms with E-state index in [9.17, 15) is 9.13 Å². The van der Waals surface area contributed by atoms with Gasteiger partial charge in [-0.05, 0) is 31.3 Å². The van der Waals surface area contributed by atoms with E-state index in [-0.39, 0.29) is 25.1 Å². The molecule has 2 aromatic rings. The quantitative estimate of drug-likeness (QED) is 0.208. The maximum absolute atomic E-state index is 12.4. The van der Waals surface area contributed by atoms with E-state index in [0.29, 0.717) is 36.9 Å². The lowest BCUT2D eigenvalue weighted by Crippen LogP contribution is -2.08. The van der Waals surface area contributed by atoms with Gasteiger partial charge >= 0.3 is 15.6 Å². The average Bonchev–Trinajstić information content (AvgIpc) is 3.18. The summed E-state index contributed by atoms with van der Waals surface area (Å²) in [5, 5.41) is 0. The van der Waals surface area contributed by atoms with E-state index in [1.54, 1.807) is 27.3 Å². The van der Waals surface area contributed by atoms with Gasteiger partial charge in [-0.2, -0.15) is 9.97 Å². The van der Waals surface area contributed by atoms with Gasteiger partial charge in [0.25, 0.3) is 5.90 Å². The van der Waals surface area contributed by atoms with Gasteiger partial charge < -0.3 is 28.8 Å². The average molecular weight is 520 g/mol. The molecule has 192 valence electrons. The number of anilines is 1. The van der Waals surface area contributed by atoms with E-state index in [1.165, 1.54) is 0 Å². The monoisotopic (exact) mass is 520 g/mol. The topological polar surface area (TPSA) is 150 Å². The van der Waals surface area contributed by atoms with E-state index in [2.05, 4.69) is 15.0 Å². The van der Waals surface area contributed by atoms with Crippen LogP contribution >= 0.6 is 15.6 Å². The molecule has 0 saturated heterocycles. The van der Waals surface area contributed by atoms with E-state index in [4.69, 9.17) is 28.8 Å². The summed E-state index contributed by atoms with van der Waals surface area (Å²) in [5.41, 5.74) is 7.05. The molecule has 1 atom stereocenters. The molecule has 12 nitrogen and oxygen atoms in total. The Morgan fingerprint density at radius 2 is 1.74 bits per heavy atom. The minimum Gasteiger partial charge on any atom is -0.474 e. The third-order valence-electron chi connectivity index (χ3n) is 4.69. The predicted molar refractivity (Wildman–Crippen MR) is 129 cm³/mol. The van der Waals surface area contributed by atoms with Crippen LogP contribution in [0.15, 0.2) is 6.33 Å². The highest BCUT2D eigenvalue weighted by Gasteiger charge is 2.37. The first kappa shape index (κ1) is 28.6. The lowest BCUT2D eigenvalue weighted by atomic mass is 10.1. The number of aryl methyl sites for hydroxylation is 1. The Labute approximate surface area is 201 Å². The van der Waals surface area contributed by atoms with Gasteiger partial charge in [-0.1, -0.05) is 19.3 Å². The number of unbranched alkanes of at least 4 members (excludes halogenated alkanes) is 4. The number of nitrogens with two attached hydrogens (primary N) is 1. The molecule has 0 spiro atoms. The lowest BCUT2D eigenvalue weighted by Gasteiger charge is -2.11. The zero-order valence-corrected chi connectivity index (χ0v) is 22.0. The molecule has 0 bridgehead atoms. The van der Waals surface area contributed by atoms with Crippen LogP contribution in [-0.2, 0) is 34.0 Å². The number of nitrogen functional groups attached to an aromatic ring is 1. The van der Waals surface area contributed by atoms with Crippen LogP contribution < -0.4 is 10.5 Å². The highest BCUT2D eigenvalue weighted by molar-refractivity contribution is 7.65. The molecular weight excluding hydrogens is 484 g/mol. The summed E-state index contributed by atoms with van der Waals surface area (Å²) < 4.78 is 52.6. The molecule has 0 aliphatic carbocycles. The maximum atomic E-state index is 12.4. The summed E-state index contributed by atoms with van der Waals surface area (Å²) in [6.07, 6.45) is 6.38. The molecule has 0 saturated carbocycles. The van der Waals surface area contributed by atoms with Crippen LogP contribution in [0.4, 0.5) is 5.95 Å². The van der Waals surface area contributed by atoms with Crippen molar-refractivity contribution in [2.75, 3.05) is 51.8 Å². The van der Waals surface area contributed by atoms with Gasteiger partial charge in [0.15, 0.2) is 11.2 Å². The molecule has 2 N–H and O–H groups in total. The van der Waals surface area contributed by atoms with Gasteiger partial charge in [0.05, 0.1) is 26.1 Å². The molecule has 0 aliphatic heterocycles. The molecule has 2 heterocycles. The minimum absolute atomic E-state index is 0.138. The Hall–Kier alpha value is -1.68. The smallest absolute Gasteiger partial charge is 0.474 e. The van der Waals surface area contributed by atoms with Gasteiger partial charge in [0, 0.05) is 13.7 Å². The van der Waals surface area contributed by atoms with Crippen molar-refractivity contribution in [3.05, 3.63) is 6.33 Å². The highest BCUT2D eigenvalue weighted by atomic mass is 31.2. The van der Waals surface area contributed by atoms with Crippen LogP contribution in [0.1, 0.15) is 46.0 Å². The number of hydrogen-bond donors (Lipinski definition) is 1. The summed E-state index contributed by atoms with van der Waals surface area (Å²) >= 11 is 0. The predicted octanol–water partition coefficient (Wildman–Crippen LogP) is 4.37. The maximum Gasteiger partial charge on any atom is 0.521 e. The van der Waals surface area contributed by atoms with Crippen molar-refractivity contribution in [3.63, 3.8) is 0 Å². The fraction of sp³-hybridized carbons (Fsp3) is 0.750. The van der Waals surface area contributed by atoms with E-state index < -0.39 is 15.6 Å². The second-order valence-corrected chi connectivity index (χ2v) is 11.2. The van der Waals surface area contributed by atoms with Gasteiger partial charge in [-0.15, -0.1) is 4.52 Å². The summed E-state index contributed by atoms with van der Waals surface area (Å²) in [5.74, 6) is 0.283. The van der Waals surface area contributed by atoms with Crippen LogP contribution in [0.5, 0.6) is 5.88 Å². The largest absolute Gasteiger partial charge is 0.521 e. The molecule has 2 rings (SSSR count). The summed E-state index contributed by atoms with van der Waals surface area (Å²) in [7, 11) is -3.83. The zero-order chi connectivity index (χ0) is 24.8. The lowest BCUT2D eigenvalue weighted by molar-refractivity contribution is 0.144. The fourth-order valence-corrected chi connectivity index (χ4v) is 6.50. The van der Waals surface area contributed by atoms with Gasteiger partial charge in [0.2, 0.25) is 11.8 Å².